The fourth-order valence-electron chi connectivity index (χ4n) is 1.55. The Labute approximate surface area is 95.8 Å². The summed E-state index contributed by atoms with van der Waals surface area (Å²) in [5, 5.41) is 10.5. The van der Waals surface area contributed by atoms with Gasteiger partial charge in [-0.1, -0.05) is 0 Å². The van der Waals surface area contributed by atoms with Crippen molar-refractivity contribution in [2.24, 2.45) is 0 Å². The monoisotopic (exact) mass is 270 g/mol. The van der Waals surface area contributed by atoms with Crippen molar-refractivity contribution < 1.29 is 14.3 Å². The maximum atomic E-state index is 9.61. The molecule has 1 unspecified atom stereocenters. The van der Waals surface area contributed by atoms with Gasteiger partial charge in [-0.25, -0.2) is 0 Å². The summed E-state index contributed by atoms with van der Waals surface area (Å²) in [6.07, 6.45) is 1.05. The molecule has 3 nitrogen and oxygen atoms in total. The molecule has 0 aliphatic heterocycles. The van der Waals surface area contributed by atoms with Crippen LogP contribution in [0, 0.1) is 0 Å². The number of methoxy groups -OCH3 is 1. The number of rotatable bonds is 2. The second kappa shape index (κ2) is 3.87. The first-order valence-electron chi connectivity index (χ1n) is 4.56. The molecule has 0 saturated carbocycles. The molecule has 1 aromatic heterocycles. The van der Waals surface area contributed by atoms with Crippen LogP contribution < -0.4 is 4.74 Å². The summed E-state index contributed by atoms with van der Waals surface area (Å²) in [6, 6.07) is 3.62. The van der Waals surface area contributed by atoms with Crippen LogP contribution in [0.2, 0.25) is 0 Å². The van der Waals surface area contributed by atoms with Gasteiger partial charge in [0.25, 0.3) is 0 Å². The summed E-state index contributed by atoms with van der Waals surface area (Å²) in [5.41, 5.74) is 1.48. The molecule has 1 N–H and O–H groups in total. The smallest absolute Gasteiger partial charge is 0.176 e. The topological polar surface area (TPSA) is 42.6 Å². The highest BCUT2D eigenvalue weighted by molar-refractivity contribution is 9.10. The van der Waals surface area contributed by atoms with Crippen LogP contribution >= 0.6 is 15.9 Å². The molecule has 1 atom stereocenters. The molecule has 0 amide bonds. The van der Waals surface area contributed by atoms with Gasteiger partial charge in [-0.05, 0) is 40.5 Å². The highest BCUT2D eigenvalue weighted by atomic mass is 79.9. The van der Waals surface area contributed by atoms with E-state index < -0.39 is 6.10 Å². The van der Waals surface area contributed by atoms with Gasteiger partial charge in [-0.2, -0.15) is 0 Å². The molecule has 0 radical (unpaired) electrons. The Kier molecular flexibility index (Phi) is 2.71. The SMILES string of the molecule is COc1cc(C(C)O)c(Br)c2ccoc12. The zero-order chi connectivity index (χ0) is 11.0. The van der Waals surface area contributed by atoms with Crippen LogP contribution in [0.3, 0.4) is 0 Å². The maximum Gasteiger partial charge on any atom is 0.176 e. The Bertz CT molecular complexity index is 488. The van der Waals surface area contributed by atoms with Crippen molar-refractivity contribution in [2.75, 3.05) is 7.11 Å². The lowest BCUT2D eigenvalue weighted by Crippen LogP contribution is -1.95. The second-order valence-corrected chi connectivity index (χ2v) is 4.11. The van der Waals surface area contributed by atoms with Crippen molar-refractivity contribution in [3.63, 3.8) is 0 Å². The number of furan rings is 1. The Morgan fingerprint density at radius 1 is 1.53 bits per heavy atom. The summed E-state index contributed by atoms with van der Waals surface area (Å²) in [4.78, 5) is 0. The molecule has 4 heteroatoms. The third-order valence-electron chi connectivity index (χ3n) is 2.34. The second-order valence-electron chi connectivity index (χ2n) is 3.32. The molecule has 1 heterocycles. The van der Waals surface area contributed by atoms with Crippen LogP contribution in [-0.2, 0) is 0 Å². The molecule has 2 rings (SSSR count). The quantitative estimate of drug-likeness (QED) is 0.911. The van der Waals surface area contributed by atoms with E-state index in [9.17, 15) is 5.11 Å². The Balaban J connectivity index is 2.79. The van der Waals surface area contributed by atoms with Crippen LogP contribution in [0.4, 0.5) is 0 Å². The van der Waals surface area contributed by atoms with Gasteiger partial charge < -0.3 is 14.3 Å². The van der Waals surface area contributed by atoms with Gasteiger partial charge in [0.1, 0.15) is 0 Å². The number of benzene rings is 1. The third kappa shape index (κ3) is 1.64. The van der Waals surface area contributed by atoms with E-state index in [-0.39, 0.29) is 0 Å². The van der Waals surface area contributed by atoms with Crippen LogP contribution in [0.25, 0.3) is 11.0 Å². The van der Waals surface area contributed by atoms with Crippen LogP contribution in [0.15, 0.2) is 27.3 Å². The van der Waals surface area contributed by atoms with Gasteiger partial charge in [-0.15, -0.1) is 0 Å². The predicted octanol–water partition coefficient (Wildman–Crippen LogP) is 3.26. The summed E-state index contributed by atoms with van der Waals surface area (Å²) >= 11 is 3.45. The van der Waals surface area contributed by atoms with Crippen molar-refractivity contribution in [2.45, 2.75) is 13.0 Å². The molecule has 80 valence electrons. The van der Waals surface area contributed by atoms with Crippen LogP contribution in [0.1, 0.15) is 18.6 Å². The van der Waals surface area contributed by atoms with Gasteiger partial charge in [0.2, 0.25) is 0 Å². The predicted molar refractivity (Wildman–Crippen MR) is 61.1 cm³/mol. The van der Waals surface area contributed by atoms with E-state index in [1.165, 1.54) is 0 Å². The van der Waals surface area contributed by atoms with Gasteiger partial charge in [-0.3, -0.25) is 0 Å². The van der Waals surface area contributed by atoms with E-state index in [2.05, 4.69) is 15.9 Å². The molecule has 15 heavy (non-hydrogen) atoms. The molecule has 0 fully saturated rings. The number of aliphatic hydroxyl groups excluding tert-OH is 1. The van der Waals surface area contributed by atoms with Crippen molar-refractivity contribution in [3.05, 3.63) is 28.4 Å². The number of ether oxygens (including phenoxy) is 1. The van der Waals surface area contributed by atoms with Crippen molar-refractivity contribution in [1.82, 2.24) is 0 Å². The summed E-state index contributed by atoms with van der Waals surface area (Å²) in [7, 11) is 1.58. The minimum atomic E-state index is -0.549. The average Bonchev–Trinajstić information content (AvgIpc) is 2.67. The van der Waals surface area contributed by atoms with E-state index in [0.29, 0.717) is 11.3 Å². The average molecular weight is 271 g/mol. The highest BCUT2D eigenvalue weighted by Crippen LogP contribution is 2.38. The van der Waals surface area contributed by atoms with Gasteiger partial charge in [0, 0.05) is 9.86 Å². The van der Waals surface area contributed by atoms with Gasteiger partial charge >= 0.3 is 0 Å². The molecule has 1 aromatic carbocycles. The Morgan fingerprint density at radius 3 is 2.87 bits per heavy atom. The minimum Gasteiger partial charge on any atom is -0.493 e. The summed E-state index contributed by atoms with van der Waals surface area (Å²) in [6.45, 7) is 1.71. The lowest BCUT2D eigenvalue weighted by molar-refractivity contribution is 0.198. The molecule has 0 aliphatic rings. The zero-order valence-corrected chi connectivity index (χ0v) is 10.0. The molecular formula is C11H11BrO3. The lowest BCUT2D eigenvalue weighted by Gasteiger charge is -2.10. The minimum absolute atomic E-state index is 0.549. The fourth-order valence-corrected chi connectivity index (χ4v) is 2.31. The van der Waals surface area contributed by atoms with Gasteiger partial charge in [0.15, 0.2) is 11.3 Å². The van der Waals surface area contributed by atoms with E-state index in [0.717, 1.165) is 15.4 Å². The fraction of sp³-hybridized carbons (Fsp3) is 0.273. The Hall–Kier alpha value is -1.00. The summed E-state index contributed by atoms with van der Waals surface area (Å²) in [5.74, 6) is 0.633. The Morgan fingerprint density at radius 2 is 2.27 bits per heavy atom. The first kappa shape index (κ1) is 10.5. The molecule has 0 bridgehead atoms. The van der Waals surface area contributed by atoms with Crippen LogP contribution in [-0.4, -0.2) is 12.2 Å². The molecule has 0 saturated heterocycles. The van der Waals surface area contributed by atoms with E-state index in [1.54, 1.807) is 26.4 Å². The first-order valence-corrected chi connectivity index (χ1v) is 5.36. The number of hydrogen-bond donors (Lipinski definition) is 1. The molecule has 0 spiro atoms. The molecule has 0 aliphatic carbocycles. The third-order valence-corrected chi connectivity index (χ3v) is 3.22. The van der Waals surface area contributed by atoms with E-state index in [4.69, 9.17) is 9.15 Å². The van der Waals surface area contributed by atoms with Crippen LogP contribution in [0.5, 0.6) is 5.75 Å². The van der Waals surface area contributed by atoms with Crippen molar-refractivity contribution in [3.8, 4) is 5.75 Å². The number of halogens is 1. The standard InChI is InChI=1S/C11H11BrO3/c1-6(13)8-5-9(14-2)11-7(10(8)12)3-4-15-11/h3-6,13H,1-2H3. The van der Waals surface area contributed by atoms with E-state index >= 15 is 0 Å². The number of hydrogen-bond acceptors (Lipinski definition) is 3. The summed E-state index contributed by atoms with van der Waals surface area (Å²) < 4.78 is 11.4. The lowest BCUT2D eigenvalue weighted by atomic mass is 10.1. The zero-order valence-electron chi connectivity index (χ0n) is 8.45. The number of aliphatic hydroxyl groups is 1. The van der Waals surface area contributed by atoms with Crippen molar-refractivity contribution in [1.29, 1.82) is 0 Å². The van der Waals surface area contributed by atoms with E-state index in [1.807, 2.05) is 6.07 Å². The highest BCUT2D eigenvalue weighted by Gasteiger charge is 2.15. The number of fused-ring (bicyclic) bond motifs is 1. The maximum absolute atomic E-state index is 9.61. The normalized spacial score (nSPS) is 13.1. The largest absolute Gasteiger partial charge is 0.493 e. The molecule has 2 aromatic rings. The first-order chi connectivity index (χ1) is 7.15. The van der Waals surface area contributed by atoms with Gasteiger partial charge in [0.05, 0.1) is 19.5 Å². The van der Waals surface area contributed by atoms with Crippen molar-refractivity contribution >= 4 is 26.9 Å². The molecular weight excluding hydrogens is 260 g/mol.